The molecule has 0 amide bonds. The molecule has 0 aliphatic heterocycles. The summed E-state index contributed by atoms with van der Waals surface area (Å²) in [5.74, 6) is -3.07. The van der Waals surface area contributed by atoms with Crippen molar-refractivity contribution in [1.82, 2.24) is 0 Å². The molecule has 2 aromatic carbocycles. The molecule has 0 bridgehead atoms. The molecule has 0 saturated heterocycles. The number of carbonyl (C=O) groups is 2. The van der Waals surface area contributed by atoms with E-state index in [4.69, 9.17) is 0 Å². The maximum atomic E-state index is 11.4. The van der Waals surface area contributed by atoms with Crippen LogP contribution in [-0.4, -0.2) is 62.8 Å². The Hall–Kier alpha value is -2.55. The van der Waals surface area contributed by atoms with Crippen molar-refractivity contribution < 1.29 is 47.6 Å². The van der Waals surface area contributed by atoms with E-state index in [2.05, 4.69) is 0 Å². The zero-order chi connectivity index (χ0) is 21.2. The van der Waals surface area contributed by atoms with E-state index in [0.29, 0.717) is 23.0 Å². The maximum Gasteiger partial charge on any atom is 2.00 e. The Labute approximate surface area is 195 Å². The molecule has 4 N–H and O–H groups in total. The number of carbonyl (C=O) groups excluding carboxylic acids is 2. The van der Waals surface area contributed by atoms with Crippen LogP contribution < -0.4 is 10.2 Å². The Kier molecular flexibility index (Phi) is 16.3. The summed E-state index contributed by atoms with van der Waals surface area (Å²) in [7, 11) is -7.31. The van der Waals surface area contributed by atoms with Crippen LogP contribution in [0.2, 0.25) is 0 Å². The van der Waals surface area contributed by atoms with E-state index in [1.165, 1.54) is 24.3 Å². The van der Waals surface area contributed by atoms with Gasteiger partial charge < -0.3 is 30.8 Å². The van der Waals surface area contributed by atoms with Crippen molar-refractivity contribution in [2.24, 2.45) is 0 Å². The summed E-state index contributed by atoms with van der Waals surface area (Å²) in [6.45, 7) is 0. The summed E-state index contributed by atoms with van der Waals surface area (Å²) in [6.07, 6.45) is 0.977. The van der Waals surface area contributed by atoms with Gasteiger partial charge in [-0.15, -0.1) is 0 Å². The van der Waals surface area contributed by atoms with Gasteiger partial charge >= 0.3 is 23.1 Å². The first-order valence-corrected chi connectivity index (χ1v) is 10.5. The summed E-state index contributed by atoms with van der Waals surface area (Å²) >= 11 is 0. The number of carboxylic acid groups (broad SMARTS) is 2. The van der Waals surface area contributed by atoms with Crippen LogP contribution in [0.5, 0.6) is 0 Å². The first kappa shape index (κ1) is 33.1. The van der Waals surface area contributed by atoms with Crippen LogP contribution in [0.15, 0.2) is 93.4 Å². The van der Waals surface area contributed by atoms with Crippen LogP contribution in [0, 0.1) is 0 Å². The predicted molar refractivity (Wildman–Crippen MR) is 109 cm³/mol. The van der Waals surface area contributed by atoms with Gasteiger partial charge in [0.05, 0.1) is 21.7 Å². The average Bonchev–Trinajstić information content (AvgIpc) is 2.67. The van der Waals surface area contributed by atoms with Gasteiger partial charge in [-0.05, 0) is 36.4 Å². The van der Waals surface area contributed by atoms with Crippen LogP contribution in [-0.2, 0) is 29.3 Å². The molecule has 0 aliphatic rings. The molecule has 31 heavy (non-hydrogen) atoms. The van der Waals surface area contributed by atoms with Crippen molar-refractivity contribution in [3.05, 3.63) is 83.6 Å². The van der Waals surface area contributed by atoms with Crippen LogP contribution >= 0.6 is 0 Å². The first-order valence-electron chi connectivity index (χ1n) is 7.43. The van der Waals surface area contributed by atoms with Gasteiger partial charge in [0.2, 0.25) is 0 Å². The number of sulfone groups is 2. The van der Waals surface area contributed by atoms with E-state index >= 15 is 0 Å². The third kappa shape index (κ3) is 12.7. The van der Waals surface area contributed by atoms with E-state index in [1.54, 1.807) is 36.4 Å². The Morgan fingerprint density at radius 3 is 1.10 bits per heavy atom. The van der Waals surface area contributed by atoms with Gasteiger partial charge in [-0.2, -0.15) is 0 Å². The second kappa shape index (κ2) is 15.3. The zero-order valence-corrected chi connectivity index (χ0v) is 18.9. The first-order chi connectivity index (χ1) is 13.0. The third-order valence-electron chi connectivity index (χ3n) is 2.91. The fourth-order valence-electron chi connectivity index (χ4n) is 1.67. The molecule has 2 aromatic rings. The minimum absolute atomic E-state index is 0. The minimum atomic E-state index is -3.66. The van der Waals surface area contributed by atoms with E-state index in [-0.39, 0.29) is 43.8 Å². The molecule has 10 nitrogen and oxygen atoms in total. The molecule has 0 aromatic heterocycles. The van der Waals surface area contributed by atoms with Gasteiger partial charge in [0.15, 0.2) is 19.7 Å². The quantitative estimate of drug-likeness (QED) is 0.314. The molecule has 0 aliphatic carbocycles. The molecule has 0 spiro atoms. The largest absolute Gasteiger partial charge is 2.00 e. The van der Waals surface area contributed by atoms with Gasteiger partial charge in [-0.25, -0.2) is 16.8 Å². The van der Waals surface area contributed by atoms with E-state index < -0.39 is 31.6 Å². The van der Waals surface area contributed by atoms with Gasteiger partial charge in [0, 0.05) is 10.8 Å². The summed E-state index contributed by atoms with van der Waals surface area (Å²) in [5.41, 5.74) is 0. The van der Waals surface area contributed by atoms with Crippen LogP contribution in [0.25, 0.3) is 0 Å². The molecule has 0 fully saturated rings. The molecule has 2 rings (SSSR count). The van der Waals surface area contributed by atoms with Gasteiger partial charge in [0.1, 0.15) is 0 Å². The standard InChI is InChI=1S/2C9H8O4S.Mg.2H2O/c2*10-9(11)6-7-14(12,13)8-4-2-1-3-5-8;;;/h2*1-7H,(H,10,11);;2*1H2/q;;+2;;/p-2/b2*7-6+;;;. The van der Waals surface area contributed by atoms with Crippen LogP contribution in [0.3, 0.4) is 0 Å². The topological polar surface area (TPSA) is 212 Å². The molecule has 0 saturated carbocycles. The molecule has 13 heteroatoms. The molecule has 0 radical (unpaired) electrons. The second-order valence-corrected chi connectivity index (χ2v) is 8.63. The van der Waals surface area contributed by atoms with Crippen molar-refractivity contribution >= 4 is 54.7 Å². The number of aliphatic carboxylic acids is 2. The Morgan fingerprint density at radius 2 is 0.871 bits per heavy atom. The fraction of sp³-hybridized carbons (Fsp3) is 0. The van der Waals surface area contributed by atoms with E-state index in [0.717, 1.165) is 0 Å². The van der Waals surface area contributed by atoms with Gasteiger partial charge in [-0.1, -0.05) is 36.4 Å². The van der Waals surface area contributed by atoms with Crippen molar-refractivity contribution in [1.29, 1.82) is 0 Å². The van der Waals surface area contributed by atoms with E-state index in [1.807, 2.05) is 0 Å². The van der Waals surface area contributed by atoms with Crippen LogP contribution in [0.4, 0.5) is 0 Å². The Morgan fingerprint density at radius 1 is 0.613 bits per heavy atom. The number of hydrogen-bond acceptors (Lipinski definition) is 8. The summed E-state index contributed by atoms with van der Waals surface area (Å²) in [6, 6.07) is 15.1. The zero-order valence-electron chi connectivity index (χ0n) is 15.9. The smallest absolute Gasteiger partial charge is 0.545 e. The molecule has 0 atom stereocenters. The molecule has 0 unspecified atom stereocenters. The van der Waals surface area contributed by atoms with Crippen molar-refractivity contribution in [3.8, 4) is 0 Å². The predicted octanol–water partition coefficient (Wildman–Crippen LogP) is -2.58. The Bertz CT molecular complexity index is 989. The molecule has 164 valence electrons. The summed E-state index contributed by atoms with van der Waals surface area (Å²) in [4.78, 5) is 20.1. The normalized spacial score (nSPS) is 10.6. The monoisotopic (exact) mass is 482 g/mol. The second-order valence-electron chi connectivity index (χ2n) is 4.96. The number of hydrogen-bond donors (Lipinski definition) is 0. The SMILES string of the molecule is O.O.O=C([O-])/C=C/S(=O)(=O)c1ccccc1.O=C([O-])/C=C/S(=O)(=O)c1ccccc1.[Mg+2]. The maximum absolute atomic E-state index is 11.4. The van der Waals surface area contributed by atoms with Gasteiger partial charge in [-0.3, -0.25) is 0 Å². The third-order valence-corrected chi connectivity index (χ3v) is 5.76. The number of rotatable bonds is 6. The Balaban J connectivity index is -0.000000461. The number of benzene rings is 2. The van der Waals surface area contributed by atoms with Gasteiger partial charge in [0.25, 0.3) is 0 Å². The van der Waals surface area contributed by atoms with Crippen molar-refractivity contribution in [2.75, 3.05) is 0 Å². The summed E-state index contributed by atoms with van der Waals surface area (Å²) < 4.78 is 45.4. The molecule has 0 heterocycles. The van der Waals surface area contributed by atoms with Crippen molar-refractivity contribution in [3.63, 3.8) is 0 Å². The fourth-order valence-corrected chi connectivity index (χ4v) is 3.64. The van der Waals surface area contributed by atoms with Crippen LogP contribution in [0.1, 0.15) is 0 Å². The molecular weight excluding hydrogens is 465 g/mol. The number of carboxylic acids is 2. The molecular formula is C18H18MgO10S2. The van der Waals surface area contributed by atoms with E-state index in [9.17, 15) is 36.6 Å². The minimum Gasteiger partial charge on any atom is -0.545 e. The van der Waals surface area contributed by atoms with Crippen molar-refractivity contribution in [2.45, 2.75) is 9.79 Å². The average molecular weight is 483 g/mol. The summed E-state index contributed by atoms with van der Waals surface area (Å²) in [5, 5.41) is 21.2.